The Labute approximate surface area is 122 Å². The summed E-state index contributed by atoms with van der Waals surface area (Å²) in [6.07, 6.45) is 12.5. The summed E-state index contributed by atoms with van der Waals surface area (Å²) < 4.78 is 0. The highest BCUT2D eigenvalue weighted by molar-refractivity contribution is 5.80. The lowest BCUT2D eigenvalue weighted by Gasteiger charge is -2.55. The van der Waals surface area contributed by atoms with Gasteiger partial charge in [0.2, 0.25) is 0 Å². The summed E-state index contributed by atoms with van der Waals surface area (Å²) in [7, 11) is 2.34. The lowest BCUT2D eigenvalue weighted by molar-refractivity contribution is -0.131. The van der Waals surface area contributed by atoms with Crippen molar-refractivity contribution in [3.05, 3.63) is 0 Å². The summed E-state index contributed by atoms with van der Waals surface area (Å²) >= 11 is 0. The third kappa shape index (κ3) is 2.14. The molecule has 4 fully saturated rings. The number of Topliss-reactive ketones (excluding diaryl/α,β-unsaturated/α-hetero) is 1. The van der Waals surface area contributed by atoms with Crippen LogP contribution in [-0.2, 0) is 4.79 Å². The average molecular weight is 276 g/mol. The van der Waals surface area contributed by atoms with Crippen LogP contribution in [0.15, 0.2) is 0 Å². The second kappa shape index (κ2) is 5.10. The van der Waals surface area contributed by atoms with Crippen LogP contribution in [0.2, 0.25) is 0 Å². The minimum absolute atomic E-state index is 0.532. The molecule has 4 rings (SSSR count). The van der Waals surface area contributed by atoms with E-state index in [9.17, 15) is 4.79 Å². The SMILES string of the molecule is CN1C2CCCC1CC(N1C3CCCC1CC(=O)C3)C2. The molecule has 20 heavy (non-hydrogen) atoms. The normalized spacial score (nSPS) is 46.5. The number of fused-ring (bicyclic) bond motifs is 4. The van der Waals surface area contributed by atoms with Crippen molar-refractivity contribution in [1.29, 1.82) is 0 Å². The maximum absolute atomic E-state index is 11.9. The summed E-state index contributed by atoms with van der Waals surface area (Å²) in [6.45, 7) is 0. The Kier molecular flexibility index (Phi) is 3.38. The summed E-state index contributed by atoms with van der Waals surface area (Å²) in [5.41, 5.74) is 0. The van der Waals surface area contributed by atoms with Crippen molar-refractivity contribution >= 4 is 5.78 Å². The van der Waals surface area contributed by atoms with Crippen molar-refractivity contribution in [2.75, 3.05) is 7.05 Å². The van der Waals surface area contributed by atoms with E-state index in [0.717, 1.165) is 31.0 Å². The summed E-state index contributed by atoms with van der Waals surface area (Å²) in [5, 5.41) is 0. The molecule has 4 saturated heterocycles. The van der Waals surface area contributed by atoms with Gasteiger partial charge in [-0.15, -0.1) is 0 Å². The number of nitrogens with zero attached hydrogens (tertiary/aromatic N) is 2. The standard InChI is InChI=1S/C17H28N2O/c1-18-12-4-2-5-13(18)9-16(8-12)19-14-6-3-7-15(19)11-17(20)10-14/h12-16H,2-11H2,1H3. The minimum atomic E-state index is 0.532. The number of carbonyl (C=O) groups is 1. The van der Waals surface area contributed by atoms with Gasteiger partial charge in [-0.1, -0.05) is 12.8 Å². The van der Waals surface area contributed by atoms with E-state index in [2.05, 4.69) is 16.8 Å². The molecule has 0 N–H and O–H groups in total. The Morgan fingerprint density at radius 2 is 1.30 bits per heavy atom. The molecule has 4 heterocycles. The molecule has 3 nitrogen and oxygen atoms in total. The molecule has 3 heteroatoms. The lowest BCUT2D eigenvalue weighted by Crippen LogP contribution is -2.62. The van der Waals surface area contributed by atoms with Crippen molar-refractivity contribution in [1.82, 2.24) is 9.80 Å². The third-order valence-electron chi connectivity index (χ3n) is 6.58. The van der Waals surface area contributed by atoms with Crippen LogP contribution in [0, 0.1) is 0 Å². The molecule has 0 spiro atoms. The van der Waals surface area contributed by atoms with E-state index in [1.807, 2.05) is 0 Å². The van der Waals surface area contributed by atoms with Crippen LogP contribution >= 0.6 is 0 Å². The summed E-state index contributed by atoms with van der Waals surface area (Å²) in [4.78, 5) is 17.4. The van der Waals surface area contributed by atoms with Crippen LogP contribution in [0.4, 0.5) is 0 Å². The Hall–Kier alpha value is -0.410. The highest BCUT2D eigenvalue weighted by atomic mass is 16.1. The predicted octanol–water partition coefficient (Wildman–Crippen LogP) is 2.59. The molecule has 0 radical (unpaired) electrons. The van der Waals surface area contributed by atoms with Gasteiger partial charge < -0.3 is 4.90 Å². The van der Waals surface area contributed by atoms with Gasteiger partial charge >= 0.3 is 0 Å². The van der Waals surface area contributed by atoms with Gasteiger partial charge in [-0.05, 0) is 45.6 Å². The fourth-order valence-electron chi connectivity index (χ4n) is 5.64. The molecular formula is C17H28N2O. The largest absolute Gasteiger partial charge is 0.300 e. The first-order valence-electron chi connectivity index (χ1n) is 8.73. The maximum Gasteiger partial charge on any atom is 0.136 e. The Bertz CT molecular complexity index is 366. The molecule has 4 bridgehead atoms. The fourth-order valence-corrected chi connectivity index (χ4v) is 5.64. The van der Waals surface area contributed by atoms with E-state index < -0.39 is 0 Å². The zero-order valence-corrected chi connectivity index (χ0v) is 12.8. The van der Waals surface area contributed by atoms with Crippen molar-refractivity contribution in [3.8, 4) is 0 Å². The number of ketones is 1. The van der Waals surface area contributed by atoms with Crippen LogP contribution in [0.25, 0.3) is 0 Å². The number of carbonyl (C=O) groups excluding carboxylic acids is 1. The second-order valence-electron chi connectivity index (χ2n) is 7.66. The van der Waals surface area contributed by atoms with Gasteiger partial charge in [0.25, 0.3) is 0 Å². The van der Waals surface area contributed by atoms with E-state index in [-0.39, 0.29) is 0 Å². The molecule has 112 valence electrons. The minimum Gasteiger partial charge on any atom is -0.300 e. The number of hydrogen-bond acceptors (Lipinski definition) is 3. The van der Waals surface area contributed by atoms with E-state index in [1.165, 1.54) is 51.4 Å². The van der Waals surface area contributed by atoms with Gasteiger partial charge in [-0.25, -0.2) is 0 Å². The van der Waals surface area contributed by atoms with Crippen LogP contribution in [0.3, 0.4) is 0 Å². The fraction of sp³-hybridized carbons (Fsp3) is 0.941. The zero-order chi connectivity index (χ0) is 13.7. The van der Waals surface area contributed by atoms with Crippen molar-refractivity contribution < 1.29 is 4.79 Å². The van der Waals surface area contributed by atoms with Gasteiger partial charge in [0.05, 0.1) is 0 Å². The molecule has 0 aromatic rings. The first kappa shape index (κ1) is 13.3. The first-order valence-corrected chi connectivity index (χ1v) is 8.73. The first-order chi connectivity index (χ1) is 9.72. The number of hydrogen-bond donors (Lipinski definition) is 0. The summed E-state index contributed by atoms with van der Waals surface area (Å²) in [5.74, 6) is 0.532. The Morgan fingerprint density at radius 1 is 0.800 bits per heavy atom. The molecule has 4 aliphatic rings. The van der Waals surface area contributed by atoms with Gasteiger partial charge in [0.15, 0.2) is 0 Å². The third-order valence-corrected chi connectivity index (χ3v) is 6.58. The second-order valence-corrected chi connectivity index (χ2v) is 7.66. The van der Waals surface area contributed by atoms with E-state index in [4.69, 9.17) is 0 Å². The lowest BCUT2D eigenvalue weighted by atomic mass is 9.76. The highest BCUT2D eigenvalue weighted by Crippen LogP contribution is 2.41. The van der Waals surface area contributed by atoms with Gasteiger partial charge in [-0.3, -0.25) is 9.69 Å². The molecule has 4 aliphatic heterocycles. The number of piperidine rings is 4. The number of rotatable bonds is 1. The quantitative estimate of drug-likeness (QED) is 0.735. The molecular weight excluding hydrogens is 248 g/mol. The van der Waals surface area contributed by atoms with Crippen LogP contribution < -0.4 is 0 Å². The monoisotopic (exact) mass is 276 g/mol. The molecule has 0 aromatic heterocycles. The van der Waals surface area contributed by atoms with Crippen LogP contribution in [0.5, 0.6) is 0 Å². The van der Waals surface area contributed by atoms with E-state index in [0.29, 0.717) is 17.9 Å². The molecule has 0 aliphatic carbocycles. The van der Waals surface area contributed by atoms with E-state index >= 15 is 0 Å². The summed E-state index contributed by atoms with van der Waals surface area (Å²) in [6, 6.07) is 3.56. The van der Waals surface area contributed by atoms with Gasteiger partial charge in [0.1, 0.15) is 5.78 Å². The van der Waals surface area contributed by atoms with Crippen LogP contribution in [-0.4, -0.2) is 52.8 Å². The molecule has 4 unspecified atom stereocenters. The average Bonchev–Trinajstić information content (AvgIpc) is 2.37. The highest BCUT2D eigenvalue weighted by Gasteiger charge is 2.45. The van der Waals surface area contributed by atoms with E-state index in [1.54, 1.807) is 0 Å². The van der Waals surface area contributed by atoms with Gasteiger partial charge in [0, 0.05) is 43.1 Å². The van der Waals surface area contributed by atoms with Gasteiger partial charge in [-0.2, -0.15) is 0 Å². The predicted molar refractivity (Wildman–Crippen MR) is 79.7 cm³/mol. The smallest absolute Gasteiger partial charge is 0.136 e. The zero-order valence-electron chi connectivity index (χ0n) is 12.8. The molecule has 0 saturated carbocycles. The Balaban J connectivity index is 1.54. The molecule has 0 amide bonds. The van der Waals surface area contributed by atoms with Crippen molar-refractivity contribution in [3.63, 3.8) is 0 Å². The van der Waals surface area contributed by atoms with Crippen LogP contribution in [0.1, 0.15) is 64.2 Å². The molecule has 0 aromatic carbocycles. The topological polar surface area (TPSA) is 23.6 Å². The maximum atomic E-state index is 11.9. The van der Waals surface area contributed by atoms with Crippen molar-refractivity contribution in [2.45, 2.75) is 94.4 Å². The molecule has 4 atom stereocenters. The Morgan fingerprint density at radius 3 is 1.85 bits per heavy atom. The van der Waals surface area contributed by atoms with Crippen molar-refractivity contribution in [2.24, 2.45) is 0 Å².